The van der Waals surface area contributed by atoms with Crippen molar-refractivity contribution in [3.8, 4) is 0 Å². The highest BCUT2D eigenvalue weighted by atomic mass is 16.2. The molecule has 2 N–H and O–H groups in total. The number of nitrogens with zero attached hydrogens (tertiary/aromatic N) is 4. The van der Waals surface area contributed by atoms with Gasteiger partial charge in [0, 0.05) is 45.1 Å². The minimum absolute atomic E-state index is 0.0205. The lowest BCUT2D eigenvalue weighted by Gasteiger charge is -2.35. The van der Waals surface area contributed by atoms with Gasteiger partial charge in [0.25, 0.3) is 5.91 Å². The molecule has 2 rings (SSSR count). The Morgan fingerprint density at radius 1 is 1.32 bits per heavy atom. The van der Waals surface area contributed by atoms with Gasteiger partial charge in [-0.25, -0.2) is 9.97 Å². The second-order valence-corrected chi connectivity index (χ2v) is 5.06. The summed E-state index contributed by atoms with van der Waals surface area (Å²) in [4.78, 5) is 24.2. The van der Waals surface area contributed by atoms with E-state index in [4.69, 9.17) is 5.73 Å². The number of nitrogens with two attached hydrogens (primary N) is 1. The first kappa shape index (κ1) is 13.9. The second kappa shape index (κ2) is 6.58. The maximum Gasteiger partial charge on any atom is 0.257 e. The number of piperazine rings is 1. The zero-order chi connectivity index (χ0) is 13.7. The topological polar surface area (TPSA) is 75.3 Å². The summed E-state index contributed by atoms with van der Waals surface area (Å²) in [6.07, 6.45) is 4.57. The van der Waals surface area contributed by atoms with Gasteiger partial charge in [0.05, 0.1) is 5.56 Å². The lowest BCUT2D eigenvalue weighted by Crippen LogP contribution is -2.50. The first-order valence-electron chi connectivity index (χ1n) is 6.67. The van der Waals surface area contributed by atoms with Gasteiger partial charge in [-0.1, -0.05) is 6.92 Å². The quantitative estimate of drug-likeness (QED) is 0.816. The van der Waals surface area contributed by atoms with Crippen LogP contribution >= 0.6 is 0 Å². The number of amides is 1. The van der Waals surface area contributed by atoms with Crippen LogP contribution in [0.1, 0.15) is 17.3 Å². The largest absolute Gasteiger partial charge is 0.336 e. The van der Waals surface area contributed by atoms with E-state index in [2.05, 4.69) is 21.8 Å². The maximum absolute atomic E-state index is 12.2. The second-order valence-electron chi connectivity index (χ2n) is 5.06. The number of hydrogen-bond acceptors (Lipinski definition) is 5. The first-order chi connectivity index (χ1) is 9.20. The van der Waals surface area contributed by atoms with Crippen molar-refractivity contribution in [2.45, 2.75) is 6.92 Å². The Bertz CT molecular complexity index is 403. The number of carbonyl (C=O) groups is 1. The summed E-state index contributed by atoms with van der Waals surface area (Å²) in [6.45, 7) is 7.19. The third kappa shape index (κ3) is 3.71. The zero-order valence-corrected chi connectivity index (χ0v) is 11.3. The lowest BCUT2D eigenvalue weighted by molar-refractivity contribution is 0.0621. The van der Waals surface area contributed by atoms with Crippen molar-refractivity contribution in [3.05, 3.63) is 24.3 Å². The summed E-state index contributed by atoms with van der Waals surface area (Å²) in [5.41, 5.74) is 6.20. The van der Waals surface area contributed by atoms with Crippen LogP contribution in [-0.4, -0.2) is 64.9 Å². The molecule has 0 aliphatic carbocycles. The molecule has 0 aromatic carbocycles. The van der Waals surface area contributed by atoms with E-state index in [0.717, 1.165) is 32.7 Å². The van der Waals surface area contributed by atoms with E-state index in [9.17, 15) is 4.79 Å². The van der Waals surface area contributed by atoms with Gasteiger partial charge in [-0.05, 0) is 12.5 Å². The molecule has 1 aromatic heterocycles. The van der Waals surface area contributed by atoms with E-state index in [1.807, 2.05) is 4.90 Å². The molecular formula is C13H21N5O. The van der Waals surface area contributed by atoms with Crippen molar-refractivity contribution in [1.29, 1.82) is 0 Å². The molecule has 1 amide bonds. The standard InChI is InChI=1S/C13H21N5O/c1-11(6-14)9-17-2-4-18(5-3-17)13(19)12-7-15-10-16-8-12/h7-8,10-11H,2-6,9,14H2,1H3. The summed E-state index contributed by atoms with van der Waals surface area (Å²) >= 11 is 0. The smallest absolute Gasteiger partial charge is 0.257 e. The molecule has 2 heterocycles. The molecule has 1 aliphatic rings. The van der Waals surface area contributed by atoms with Crippen molar-refractivity contribution < 1.29 is 4.79 Å². The van der Waals surface area contributed by atoms with Crippen molar-refractivity contribution in [1.82, 2.24) is 19.8 Å². The molecular weight excluding hydrogens is 242 g/mol. The highest BCUT2D eigenvalue weighted by molar-refractivity contribution is 5.93. The zero-order valence-electron chi connectivity index (χ0n) is 11.3. The fourth-order valence-corrected chi connectivity index (χ4v) is 2.24. The van der Waals surface area contributed by atoms with E-state index < -0.39 is 0 Å². The van der Waals surface area contributed by atoms with Gasteiger partial charge in [-0.3, -0.25) is 9.69 Å². The molecule has 0 saturated carbocycles. The molecule has 6 heteroatoms. The third-order valence-corrected chi connectivity index (χ3v) is 3.44. The highest BCUT2D eigenvalue weighted by Crippen LogP contribution is 2.08. The Labute approximate surface area is 113 Å². The van der Waals surface area contributed by atoms with Crippen LogP contribution in [0, 0.1) is 5.92 Å². The average Bonchev–Trinajstić information content (AvgIpc) is 2.48. The summed E-state index contributed by atoms with van der Waals surface area (Å²) in [5, 5.41) is 0. The van der Waals surface area contributed by atoms with Gasteiger partial charge in [-0.15, -0.1) is 0 Å². The van der Waals surface area contributed by atoms with Gasteiger partial charge in [0.15, 0.2) is 0 Å². The Kier molecular flexibility index (Phi) is 4.81. The predicted molar refractivity (Wildman–Crippen MR) is 72.6 cm³/mol. The van der Waals surface area contributed by atoms with Crippen molar-refractivity contribution in [2.75, 3.05) is 39.3 Å². The predicted octanol–water partition coefficient (Wildman–Crippen LogP) is -0.171. The number of carbonyl (C=O) groups excluding carboxylic acids is 1. The molecule has 1 atom stereocenters. The van der Waals surface area contributed by atoms with Gasteiger partial charge >= 0.3 is 0 Å². The van der Waals surface area contributed by atoms with Crippen LogP contribution in [0.5, 0.6) is 0 Å². The molecule has 1 saturated heterocycles. The van der Waals surface area contributed by atoms with Gasteiger partial charge in [0.2, 0.25) is 0 Å². The SMILES string of the molecule is CC(CN)CN1CCN(C(=O)c2cncnc2)CC1. The lowest BCUT2D eigenvalue weighted by atomic mass is 10.1. The molecule has 0 spiro atoms. The summed E-state index contributed by atoms with van der Waals surface area (Å²) in [6, 6.07) is 0. The van der Waals surface area contributed by atoms with E-state index >= 15 is 0 Å². The fraction of sp³-hybridized carbons (Fsp3) is 0.615. The Balaban J connectivity index is 1.85. The van der Waals surface area contributed by atoms with Crippen LogP contribution in [0.4, 0.5) is 0 Å². The van der Waals surface area contributed by atoms with E-state index in [1.165, 1.54) is 6.33 Å². The monoisotopic (exact) mass is 263 g/mol. The van der Waals surface area contributed by atoms with Crippen LogP contribution in [-0.2, 0) is 0 Å². The Morgan fingerprint density at radius 3 is 2.53 bits per heavy atom. The van der Waals surface area contributed by atoms with Crippen LogP contribution in [0.15, 0.2) is 18.7 Å². The normalized spacial score (nSPS) is 18.3. The molecule has 1 aliphatic heterocycles. The van der Waals surface area contributed by atoms with Crippen LogP contribution in [0.3, 0.4) is 0 Å². The molecule has 1 fully saturated rings. The number of hydrogen-bond donors (Lipinski definition) is 1. The molecule has 0 radical (unpaired) electrons. The van der Waals surface area contributed by atoms with Crippen LogP contribution < -0.4 is 5.73 Å². The van der Waals surface area contributed by atoms with Crippen molar-refractivity contribution in [3.63, 3.8) is 0 Å². The van der Waals surface area contributed by atoms with Crippen molar-refractivity contribution in [2.24, 2.45) is 11.7 Å². The molecule has 104 valence electrons. The number of aromatic nitrogens is 2. The first-order valence-corrected chi connectivity index (χ1v) is 6.67. The van der Waals surface area contributed by atoms with Crippen LogP contribution in [0.2, 0.25) is 0 Å². The summed E-state index contributed by atoms with van der Waals surface area (Å²) in [7, 11) is 0. The Hall–Kier alpha value is -1.53. The molecule has 19 heavy (non-hydrogen) atoms. The molecule has 1 unspecified atom stereocenters. The number of rotatable bonds is 4. The summed E-state index contributed by atoms with van der Waals surface area (Å²) < 4.78 is 0. The van der Waals surface area contributed by atoms with E-state index in [1.54, 1.807) is 12.4 Å². The van der Waals surface area contributed by atoms with E-state index in [-0.39, 0.29) is 5.91 Å². The molecule has 1 aromatic rings. The fourth-order valence-electron chi connectivity index (χ4n) is 2.24. The molecule has 6 nitrogen and oxygen atoms in total. The molecule has 0 bridgehead atoms. The highest BCUT2D eigenvalue weighted by Gasteiger charge is 2.22. The maximum atomic E-state index is 12.2. The summed E-state index contributed by atoms with van der Waals surface area (Å²) in [5.74, 6) is 0.525. The Morgan fingerprint density at radius 2 is 1.95 bits per heavy atom. The average molecular weight is 263 g/mol. The van der Waals surface area contributed by atoms with Gasteiger partial charge in [-0.2, -0.15) is 0 Å². The van der Waals surface area contributed by atoms with E-state index in [0.29, 0.717) is 18.0 Å². The van der Waals surface area contributed by atoms with Gasteiger partial charge in [0.1, 0.15) is 6.33 Å². The van der Waals surface area contributed by atoms with Crippen molar-refractivity contribution >= 4 is 5.91 Å². The van der Waals surface area contributed by atoms with Crippen LogP contribution in [0.25, 0.3) is 0 Å². The van der Waals surface area contributed by atoms with Gasteiger partial charge < -0.3 is 10.6 Å². The minimum Gasteiger partial charge on any atom is -0.336 e. The minimum atomic E-state index is 0.0205. The third-order valence-electron chi connectivity index (χ3n) is 3.44.